The van der Waals surface area contributed by atoms with Gasteiger partial charge in [-0.3, -0.25) is 4.79 Å². The highest BCUT2D eigenvalue weighted by Gasteiger charge is 2.30. The van der Waals surface area contributed by atoms with Crippen LogP contribution in [-0.2, 0) is 11.0 Å². The van der Waals surface area contributed by atoms with E-state index in [1.54, 1.807) is 24.3 Å². The summed E-state index contributed by atoms with van der Waals surface area (Å²) in [5, 5.41) is 2.60. The van der Waals surface area contributed by atoms with Crippen LogP contribution in [0, 0.1) is 0 Å². The highest BCUT2D eigenvalue weighted by Crippen LogP contribution is 2.32. The number of benzene rings is 2. The van der Waals surface area contributed by atoms with Crippen molar-refractivity contribution in [3.63, 3.8) is 0 Å². The number of carbonyl (C=O) groups is 1. The predicted octanol–water partition coefficient (Wildman–Crippen LogP) is 6.12. The SMILES string of the molecule is CCN(CC)CCCOc1ccc(NC(=O)/C=C/c2ccc(C(F)(F)F)cc2Cl)cc1. The quantitative estimate of drug-likeness (QED) is 0.347. The van der Waals surface area contributed by atoms with Gasteiger partial charge in [-0.15, -0.1) is 0 Å². The molecule has 0 saturated heterocycles. The van der Waals surface area contributed by atoms with Gasteiger partial charge >= 0.3 is 6.18 Å². The summed E-state index contributed by atoms with van der Waals surface area (Å²) in [6.45, 7) is 7.89. The molecule has 31 heavy (non-hydrogen) atoms. The molecular weight excluding hydrogens is 429 g/mol. The van der Waals surface area contributed by atoms with Gasteiger partial charge in [-0.25, -0.2) is 0 Å². The molecule has 2 rings (SSSR count). The van der Waals surface area contributed by atoms with E-state index < -0.39 is 17.6 Å². The first kappa shape index (κ1) is 24.8. The number of anilines is 1. The van der Waals surface area contributed by atoms with Gasteiger partial charge in [0.05, 0.1) is 12.2 Å². The van der Waals surface area contributed by atoms with Crippen LogP contribution in [0.15, 0.2) is 48.5 Å². The Labute approximate surface area is 185 Å². The molecule has 0 saturated carbocycles. The van der Waals surface area contributed by atoms with Crippen molar-refractivity contribution >= 4 is 29.3 Å². The normalized spacial score (nSPS) is 11.8. The van der Waals surface area contributed by atoms with Crippen LogP contribution in [0.1, 0.15) is 31.4 Å². The third-order valence-electron chi connectivity index (χ3n) is 4.65. The smallest absolute Gasteiger partial charge is 0.416 e. The molecule has 0 fully saturated rings. The molecule has 0 aliphatic heterocycles. The third-order valence-corrected chi connectivity index (χ3v) is 4.97. The van der Waals surface area contributed by atoms with Crippen molar-refractivity contribution in [1.29, 1.82) is 0 Å². The lowest BCUT2D eigenvalue weighted by Crippen LogP contribution is -2.25. The van der Waals surface area contributed by atoms with Gasteiger partial charge in [0.1, 0.15) is 5.75 Å². The summed E-state index contributed by atoms with van der Waals surface area (Å²) in [6.07, 6.45) is -0.959. The van der Waals surface area contributed by atoms with Crippen molar-refractivity contribution in [2.45, 2.75) is 26.4 Å². The molecule has 0 spiro atoms. The second kappa shape index (κ2) is 11.8. The van der Waals surface area contributed by atoms with E-state index in [0.29, 0.717) is 23.6 Å². The van der Waals surface area contributed by atoms with E-state index in [4.69, 9.17) is 16.3 Å². The number of ether oxygens (including phenoxy) is 1. The summed E-state index contributed by atoms with van der Waals surface area (Å²) in [5.74, 6) is 0.286. The Morgan fingerprint density at radius 3 is 2.39 bits per heavy atom. The number of carbonyl (C=O) groups excluding carboxylic acids is 1. The lowest BCUT2D eigenvalue weighted by atomic mass is 10.1. The molecule has 168 valence electrons. The van der Waals surface area contributed by atoms with Crippen molar-refractivity contribution in [3.05, 3.63) is 64.7 Å². The summed E-state index contributed by atoms with van der Waals surface area (Å²) >= 11 is 5.88. The van der Waals surface area contributed by atoms with Gasteiger partial charge in [0.2, 0.25) is 5.91 Å². The summed E-state index contributed by atoms with van der Waals surface area (Å²) < 4.78 is 43.8. The molecule has 1 amide bonds. The Balaban J connectivity index is 1.84. The third kappa shape index (κ3) is 8.26. The minimum absolute atomic E-state index is 0.0821. The van der Waals surface area contributed by atoms with Gasteiger partial charge in [-0.1, -0.05) is 31.5 Å². The minimum Gasteiger partial charge on any atom is -0.494 e. The van der Waals surface area contributed by atoms with E-state index in [1.807, 2.05) is 0 Å². The second-order valence-electron chi connectivity index (χ2n) is 6.81. The first-order valence-electron chi connectivity index (χ1n) is 10.0. The zero-order valence-corrected chi connectivity index (χ0v) is 18.3. The van der Waals surface area contributed by atoms with Crippen molar-refractivity contribution in [2.75, 3.05) is 31.6 Å². The maximum absolute atomic E-state index is 12.7. The fourth-order valence-electron chi connectivity index (χ4n) is 2.84. The first-order valence-corrected chi connectivity index (χ1v) is 10.4. The standard InChI is InChI=1S/C23H26ClF3N2O2/c1-3-29(4-2)14-5-15-31-20-11-9-19(10-12-20)28-22(30)13-7-17-6-8-18(16-21(17)24)23(25,26)27/h6-13,16H,3-5,14-15H2,1-2H3,(H,28,30)/b13-7+. The molecule has 2 aromatic carbocycles. The van der Waals surface area contributed by atoms with Crippen molar-refractivity contribution in [2.24, 2.45) is 0 Å². The number of hydrogen-bond donors (Lipinski definition) is 1. The van der Waals surface area contributed by atoms with Crippen LogP contribution in [0.25, 0.3) is 6.08 Å². The zero-order chi connectivity index (χ0) is 22.9. The molecule has 8 heteroatoms. The van der Waals surface area contributed by atoms with Crippen LogP contribution in [0.4, 0.5) is 18.9 Å². The van der Waals surface area contributed by atoms with E-state index in [-0.39, 0.29) is 5.02 Å². The maximum Gasteiger partial charge on any atom is 0.416 e. The molecule has 0 aliphatic carbocycles. The fraction of sp³-hybridized carbons (Fsp3) is 0.348. The molecular formula is C23H26ClF3N2O2. The number of halogens is 4. The van der Waals surface area contributed by atoms with Crippen LogP contribution < -0.4 is 10.1 Å². The van der Waals surface area contributed by atoms with Gasteiger partial charge in [0, 0.05) is 23.3 Å². The van der Waals surface area contributed by atoms with E-state index in [0.717, 1.165) is 38.2 Å². The molecule has 0 aromatic heterocycles. The molecule has 0 unspecified atom stereocenters. The molecule has 0 heterocycles. The van der Waals surface area contributed by atoms with E-state index in [1.165, 1.54) is 18.2 Å². The summed E-state index contributed by atoms with van der Waals surface area (Å²) in [5.41, 5.74) is 0.0522. The molecule has 1 N–H and O–H groups in total. The lowest BCUT2D eigenvalue weighted by Gasteiger charge is -2.17. The van der Waals surface area contributed by atoms with Crippen LogP contribution in [0.5, 0.6) is 5.75 Å². The lowest BCUT2D eigenvalue weighted by molar-refractivity contribution is -0.137. The molecule has 4 nitrogen and oxygen atoms in total. The average Bonchev–Trinajstić information content (AvgIpc) is 2.73. The van der Waals surface area contributed by atoms with Gasteiger partial charge in [0.15, 0.2) is 0 Å². The maximum atomic E-state index is 12.7. The largest absolute Gasteiger partial charge is 0.494 e. The monoisotopic (exact) mass is 454 g/mol. The number of alkyl halides is 3. The molecule has 0 radical (unpaired) electrons. The molecule has 0 aliphatic rings. The number of amides is 1. The van der Waals surface area contributed by atoms with Crippen molar-refractivity contribution in [1.82, 2.24) is 4.90 Å². The second-order valence-corrected chi connectivity index (χ2v) is 7.22. The fourth-order valence-corrected chi connectivity index (χ4v) is 3.08. The Hall–Kier alpha value is -2.51. The summed E-state index contributed by atoms with van der Waals surface area (Å²) in [4.78, 5) is 14.4. The summed E-state index contributed by atoms with van der Waals surface area (Å²) in [7, 11) is 0. The van der Waals surface area contributed by atoms with E-state index >= 15 is 0 Å². The van der Waals surface area contributed by atoms with Crippen LogP contribution >= 0.6 is 11.6 Å². The predicted molar refractivity (Wildman–Crippen MR) is 118 cm³/mol. The summed E-state index contributed by atoms with van der Waals surface area (Å²) in [6, 6.07) is 9.95. The van der Waals surface area contributed by atoms with Gasteiger partial charge in [-0.05, 0) is 67.5 Å². The van der Waals surface area contributed by atoms with Gasteiger partial charge in [-0.2, -0.15) is 13.2 Å². The molecule has 0 bridgehead atoms. The zero-order valence-electron chi connectivity index (χ0n) is 17.5. The highest BCUT2D eigenvalue weighted by molar-refractivity contribution is 6.32. The number of nitrogens with one attached hydrogen (secondary N) is 1. The van der Waals surface area contributed by atoms with E-state index in [9.17, 15) is 18.0 Å². The van der Waals surface area contributed by atoms with Gasteiger partial charge < -0.3 is 15.0 Å². The Bertz CT molecular complexity index is 879. The van der Waals surface area contributed by atoms with Crippen LogP contribution in [-0.4, -0.2) is 37.0 Å². The molecule has 2 aromatic rings. The Morgan fingerprint density at radius 2 is 1.81 bits per heavy atom. The number of hydrogen-bond acceptors (Lipinski definition) is 3. The van der Waals surface area contributed by atoms with Gasteiger partial charge in [0.25, 0.3) is 0 Å². The first-order chi connectivity index (χ1) is 14.7. The molecule has 0 atom stereocenters. The number of nitrogens with zero attached hydrogens (tertiary/aromatic N) is 1. The van der Waals surface area contributed by atoms with Crippen LogP contribution in [0.2, 0.25) is 5.02 Å². The highest BCUT2D eigenvalue weighted by atomic mass is 35.5. The van der Waals surface area contributed by atoms with Crippen LogP contribution in [0.3, 0.4) is 0 Å². The average molecular weight is 455 g/mol. The van der Waals surface area contributed by atoms with Crippen molar-refractivity contribution < 1.29 is 22.7 Å². The van der Waals surface area contributed by atoms with Crippen molar-refractivity contribution in [3.8, 4) is 5.75 Å². The topological polar surface area (TPSA) is 41.6 Å². The van der Waals surface area contributed by atoms with E-state index in [2.05, 4.69) is 24.1 Å². The Kier molecular flexibility index (Phi) is 9.40. The Morgan fingerprint density at radius 1 is 1.13 bits per heavy atom. The minimum atomic E-state index is -4.47. The number of rotatable bonds is 10.